The summed E-state index contributed by atoms with van der Waals surface area (Å²) in [6.07, 6.45) is 14.9. The van der Waals surface area contributed by atoms with E-state index in [1.165, 1.54) is 5.56 Å². The van der Waals surface area contributed by atoms with E-state index >= 15 is 0 Å². The van der Waals surface area contributed by atoms with Crippen LogP contribution in [-0.4, -0.2) is 0 Å². The van der Waals surface area contributed by atoms with Crippen molar-refractivity contribution in [2.24, 2.45) is 0 Å². The molecule has 0 saturated heterocycles. The Hall–Kier alpha value is -2.72. The van der Waals surface area contributed by atoms with Crippen LogP contribution in [0.5, 0.6) is 0 Å². The van der Waals surface area contributed by atoms with Crippen molar-refractivity contribution in [2.45, 2.75) is 19.8 Å². The molecule has 1 aromatic carbocycles. The minimum absolute atomic E-state index is 0.252. The Morgan fingerprint density at radius 3 is 2.59 bits per heavy atom. The number of furan rings is 1. The van der Waals surface area contributed by atoms with Gasteiger partial charge in [0.15, 0.2) is 0 Å². The fraction of sp³-hybridized carbons (Fsp3) is 0.143. The Morgan fingerprint density at radius 2 is 1.95 bits per heavy atom. The van der Waals surface area contributed by atoms with Crippen LogP contribution in [0.2, 0.25) is 0 Å². The Morgan fingerprint density at radius 1 is 1.27 bits per heavy atom. The second-order valence-corrected chi connectivity index (χ2v) is 5.02. The summed E-state index contributed by atoms with van der Waals surface area (Å²) in [5, 5.41) is 1.16. The number of hydrogen-bond acceptors (Lipinski definition) is 1. The van der Waals surface area contributed by atoms with E-state index in [-0.39, 0.29) is 5.92 Å². The van der Waals surface area contributed by atoms with Crippen LogP contribution in [0, 0.1) is 19.3 Å². The molecule has 0 fully saturated rings. The van der Waals surface area contributed by atoms with Crippen molar-refractivity contribution in [1.82, 2.24) is 0 Å². The molecule has 0 saturated carbocycles. The molecule has 0 spiro atoms. The van der Waals surface area contributed by atoms with E-state index in [0.717, 1.165) is 22.0 Å². The molecule has 0 amide bonds. The molecule has 1 atom stereocenters. The van der Waals surface area contributed by atoms with Crippen LogP contribution in [0.3, 0.4) is 0 Å². The predicted octanol–water partition coefficient (Wildman–Crippen LogP) is 3.79. The predicted molar refractivity (Wildman–Crippen MR) is 94.5 cm³/mol. The maximum atomic E-state index is 5.87. The lowest BCUT2D eigenvalue weighted by atomic mass is 9.99. The average molecular weight is 288 g/mol. The summed E-state index contributed by atoms with van der Waals surface area (Å²) in [6.45, 7) is 7.52. The van der Waals surface area contributed by atoms with Gasteiger partial charge in [-0.2, -0.15) is 0 Å². The molecule has 1 aromatic heterocycles. The van der Waals surface area contributed by atoms with E-state index < -0.39 is 0 Å². The van der Waals surface area contributed by atoms with Gasteiger partial charge in [-0.15, -0.1) is 12.3 Å². The highest BCUT2D eigenvalue weighted by Crippen LogP contribution is 2.19. The first-order chi connectivity index (χ1) is 10.7. The zero-order valence-electron chi connectivity index (χ0n) is 13.0. The molecule has 0 bridgehead atoms. The molecule has 3 rings (SSSR count). The van der Waals surface area contributed by atoms with Gasteiger partial charge in [0.2, 0.25) is 0 Å². The molecule has 110 valence electrons. The van der Waals surface area contributed by atoms with Crippen LogP contribution in [-0.2, 0) is 0 Å². The molecule has 1 heteroatoms. The summed E-state index contributed by atoms with van der Waals surface area (Å²) < 4.78 is 5.87. The maximum absolute atomic E-state index is 5.87. The number of benzene rings is 1. The molecular formula is C21H20O. The minimum atomic E-state index is 0.252. The SMILES string of the molecule is C#CC.C=Cc1oc2c(c1C)=CC=CC(c1ccccc1)C=2. The van der Waals surface area contributed by atoms with Crippen LogP contribution in [0.4, 0.5) is 0 Å². The van der Waals surface area contributed by atoms with Crippen molar-refractivity contribution < 1.29 is 4.42 Å². The van der Waals surface area contributed by atoms with Crippen LogP contribution in [0.1, 0.15) is 29.7 Å². The highest BCUT2D eigenvalue weighted by molar-refractivity contribution is 5.55. The van der Waals surface area contributed by atoms with Gasteiger partial charge in [0.25, 0.3) is 0 Å². The van der Waals surface area contributed by atoms with Gasteiger partial charge in [-0.3, -0.25) is 0 Å². The molecule has 1 nitrogen and oxygen atoms in total. The topological polar surface area (TPSA) is 13.1 Å². The fourth-order valence-corrected chi connectivity index (χ4v) is 2.47. The van der Waals surface area contributed by atoms with Crippen molar-refractivity contribution in [3.8, 4) is 12.3 Å². The quantitative estimate of drug-likeness (QED) is 0.766. The summed E-state index contributed by atoms with van der Waals surface area (Å²) in [5.41, 5.74) is 3.36. The molecule has 0 radical (unpaired) electrons. The Bertz CT molecular complexity index is 827. The van der Waals surface area contributed by atoms with Crippen LogP contribution in [0.15, 0.2) is 53.5 Å². The first-order valence-corrected chi connectivity index (χ1v) is 7.25. The number of rotatable bonds is 2. The summed E-state index contributed by atoms with van der Waals surface area (Å²) in [7, 11) is 0. The normalized spacial score (nSPS) is 15.0. The van der Waals surface area contributed by atoms with Crippen molar-refractivity contribution >= 4 is 18.2 Å². The van der Waals surface area contributed by atoms with Crippen molar-refractivity contribution in [1.29, 1.82) is 0 Å². The molecule has 1 aliphatic carbocycles. The molecule has 0 N–H and O–H groups in total. The smallest absolute Gasteiger partial charge is 0.132 e. The van der Waals surface area contributed by atoms with Crippen molar-refractivity contribution in [3.05, 3.63) is 76.6 Å². The van der Waals surface area contributed by atoms with Crippen LogP contribution >= 0.6 is 0 Å². The lowest BCUT2D eigenvalue weighted by Gasteiger charge is -2.06. The Labute approximate surface area is 132 Å². The molecule has 1 unspecified atom stereocenters. The summed E-state index contributed by atoms with van der Waals surface area (Å²) in [5.74, 6) is 3.36. The van der Waals surface area contributed by atoms with E-state index in [0.29, 0.717) is 0 Å². The Balaban J connectivity index is 0.000000545. The van der Waals surface area contributed by atoms with E-state index in [1.54, 1.807) is 13.0 Å². The van der Waals surface area contributed by atoms with E-state index in [1.807, 2.05) is 6.07 Å². The summed E-state index contributed by atoms with van der Waals surface area (Å²) >= 11 is 0. The lowest BCUT2D eigenvalue weighted by molar-refractivity contribution is 0.519. The third kappa shape index (κ3) is 3.30. The summed E-state index contributed by atoms with van der Waals surface area (Å²) in [6, 6.07) is 10.4. The van der Waals surface area contributed by atoms with Gasteiger partial charge in [-0.1, -0.05) is 55.1 Å². The standard InChI is InChI=1S/C18H16O.C3H4/c1-3-17-13(2)16-11-7-10-15(12-18(16)19-17)14-8-5-4-6-9-14;1-3-2/h3-12,15H,1H2,2H3;1H,2H3. The maximum Gasteiger partial charge on any atom is 0.132 e. The fourth-order valence-electron chi connectivity index (χ4n) is 2.47. The number of allylic oxidation sites excluding steroid dienone is 2. The molecule has 22 heavy (non-hydrogen) atoms. The number of hydrogen-bond donors (Lipinski definition) is 0. The average Bonchev–Trinajstić information content (AvgIpc) is 2.72. The molecule has 0 aliphatic heterocycles. The van der Waals surface area contributed by atoms with Crippen molar-refractivity contribution in [3.63, 3.8) is 0 Å². The molecule has 1 aliphatic rings. The van der Waals surface area contributed by atoms with Crippen LogP contribution in [0.25, 0.3) is 18.2 Å². The minimum Gasteiger partial charge on any atom is -0.457 e. The van der Waals surface area contributed by atoms with E-state index in [4.69, 9.17) is 4.42 Å². The zero-order valence-corrected chi connectivity index (χ0v) is 13.0. The monoisotopic (exact) mass is 288 g/mol. The van der Waals surface area contributed by atoms with Gasteiger partial charge in [0.1, 0.15) is 11.2 Å². The van der Waals surface area contributed by atoms with E-state index in [2.05, 4.69) is 74.4 Å². The third-order valence-electron chi connectivity index (χ3n) is 3.54. The highest BCUT2D eigenvalue weighted by Gasteiger charge is 2.10. The van der Waals surface area contributed by atoms with Gasteiger partial charge < -0.3 is 4.42 Å². The van der Waals surface area contributed by atoms with Gasteiger partial charge in [0, 0.05) is 16.7 Å². The van der Waals surface area contributed by atoms with Gasteiger partial charge in [-0.05, 0) is 31.6 Å². The first-order valence-electron chi connectivity index (χ1n) is 7.25. The second kappa shape index (κ2) is 7.33. The highest BCUT2D eigenvalue weighted by atomic mass is 16.3. The number of fused-ring (bicyclic) bond motifs is 1. The molecular weight excluding hydrogens is 268 g/mol. The van der Waals surface area contributed by atoms with Crippen molar-refractivity contribution in [2.75, 3.05) is 0 Å². The number of terminal acetylenes is 1. The van der Waals surface area contributed by atoms with Gasteiger partial charge in [0.05, 0.1) is 0 Å². The zero-order chi connectivity index (χ0) is 15.9. The lowest BCUT2D eigenvalue weighted by Crippen LogP contribution is -2.21. The molecule has 1 heterocycles. The third-order valence-corrected chi connectivity index (χ3v) is 3.54. The Kier molecular flexibility index (Phi) is 5.22. The molecule has 2 aromatic rings. The van der Waals surface area contributed by atoms with Crippen LogP contribution < -0.4 is 10.6 Å². The summed E-state index contributed by atoms with van der Waals surface area (Å²) in [4.78, 5) is 0. The van der Waals surface area contributed by atoms with E-state index in [9.17, 15) is 0 Å². The van der Waals surface area contributed by atoms with Gasteiger partial charge >= 0.3 is 0 Å². The largest absolute Gasteiger partial charge is 0.457 e. The second-order valence-electron chi connectivity index (χ2n) is 5.02. The first kappa shape index (κ1) is 15.7. The van der Waals surface area contributed by atoms with Gasteiger partial charge in [-0.25, -0.2) is 0 Å².